The van der Waals surface area contributed by atoms with Crippen molar-refractivity contribution in [3.05, 3.63) is 35.9 Å². The summed E-state index contributed by atoms with van der Waals surface area (Å²) in [4.78, 5) is 0. The molecule has 120 valence electrons. The average Bonchev–Trinajstić information content (AvgIpc) is 2.84. The molecule has 4 atom stereocenters. The van der Waals surface area contributed by atoms with Crippen molar-refractivity contribution in [3.63, 3.8) is 0 Å². The monoisotopic (exact) mass is 306 g/mol. The first kappa shape index (κ1) is 16.9. The molecule has 1 aromatic rings. The van der Waals surface area contributed by atoms with E-state index in [0.29, 0.717) is 6.61 Å². The van der Waals surface area contributed by atoms with Crippen LogP contribution in [0.25, 0.3) is 0 Å². The van der Waals surface area contributed by atoms with Crippen LogP contribution in [0, 0.1) is 12.3 Å². The minimum absolute atomic E-state index is 0.331. The molecule has 1 aromatic carbocycles. The second kappa shape index (κ2) is 7.23. The molecule has 1 aliphatic rings. The van der Waals surface area contributed by atoms with Crippen molar-refractivity contribution in [2.24, 2.45) is 0 Å². The summed E-state index contributed by atoms with van der Waals surface area (Å²) in [5.74, 6) is 1.65. The summed E-state index contributed by atoms with van der Waals surface area (Å²) in [7, 11) is 0. The molecule has 0 radical (unpaired) electrons. The number of rotatable bonds is 6. The van der Waals surface area contributed by atoms with Gasteiger partial charge in [0.1, 0.15) is 24.4 Å². The second-order valence-electron chi connectivity index (χ2n) is 5.70. The number of aliphatic hydroxyl groups is 2. The third kappa shape index (κ3) is 4.07. The Hall–Kier alpha value is -1.42. The maximum atomic E-state index is 9.91. The van der Waals surface area contributed by atoms with Crippen LogP contribution in [0.1, 0.15) is 19.4 Å². The zero-order valence-electron chi connectivity index (χ0n) is 12.8. The first-order chi connectivity index (χ1) is 10.5. The summed E-state index contributed by atoms with van der Waals surface area (Å²) in [6.07, 6.45) is 2.40. The minimum Gasteiger partial charge on any atom is -0.394 e. The lowest BCUT2D eigenvalue weighted by Gasteiger charge is -2.25. The van der Waals surface area contributed by atoms with Gasteiger partial charge in [0.25, 0.3) is 0 Å². The minimum atomic E-state index is -1.08. The fourth-order valence-electron chi connectivity index (χ4n) is 2.45. The van der Waals surface area contributed by atoms with E-state index in [9.17, 15) is 5.11 Å². The molecule has 0 bridgehead atoms. The molecule has 5 nitrogen and oxygen atoms in total. The Morgan fingerprint density at radius 3 is 2.50 bits per heavy atom. The molecule has 2 N–H and O–H groups in total. The van der Waals surface area contributed by atoms with Crippen LogP contribution in [0.15, 0.2) is 30.3 Å². The number of hydrogen-bond acceptors (Lipinski definition) is 5. The highest BCUT2D eigenvalue weighted by Crippen LogP contribution is 2.32. The van der Waals surface area contributed by atoms with E-state index in [4.69, 9.17) is 25.7 Å². The molecule has 1 saturated heterocycles. The van der Waals surface area contributed by atoms with Gasteiger partial charge in [-0.2, -0.15) is 0 Å². The van der Waals surface area contributed by atoms with Gasteiger partial charge < -0.3 is 24.4 Å². The average molecular weight is 306 g/mol. The summed E-state index contributed by atoms with van der Waals surface area (Å²) in [5, 5.41) is 19.1. The van der Waals surface area contributed by atoms with E-state index in [1.54, 1.807) is 13.8 Å². The van der Waals surface area contributed by atoms with Gasteiger partial charge >= 0.3 is 0 Å². The third-order valence-corrected chi connectivity index (χ3v) is 3.46. The standard InChI is InChI=1S/C17H22O5/c1-4-14(20-11-12-8-6-5-7-9-12)16-15(13(19)10-18)21-17(2,3)22-16/h1,5-9,13-16,18-19H,10-11H2,2-3H3/t13-,14+,15+,16-/m1/s1. The molecule has 1 fully saturated rings. The van der Waals surface area contributed by atoms with Crippen LogP contribution in [0.5, 0.6) is 0 Å². The van der Waals surface area contributed by atoms with Crippen molar-refractivity contribution in [2.75, 3.05) is 6.61 Å². The second-order valence-corrected chi connectivity index (χ2v) is 5.70. The van der Waals surface area contributed by atoms with Gasteiger partial charge in [0.15, 0.2) is 5.79 Å². The van der Waals surface area contributed by atoms with Crippen molar-refractivity contribution in [3.8, 4) is 12.3 Å². The lowest BCUT2D eigenvalue weighted by molar-refractivity contribution is -0.162. The molecule has 0 unspecified atom stereocenters. The topological polar surface area (TPSA) is 68.2 Å². The number of ether oxygens (including phenoxy) is 3. The molecule has 0 aliphatic carbocycles. The smallest absolute Gasteiger partial charge is 0.164 e. The van der Waals surface area contributed by atoms with Crippen molar-refractivity contribution in [2.45, 2.75) is 50.7 Å². The number of hydrogen-bond donors (Lipinski definition) is 2. The Morgan fingerprint density at radius 2 is 1.91 bits per heavy atom. The molecule has 2 rings (SSSR count). The van der Waals surface area contributed by atoms with E-state index in [2.05, 4.69) is 5.92 Å². The van der Waals surface area contributed by atoms with Gasteiger partial charge in [0.2, 0.25) is 0 Å². The maximum Gasteiger partial charge on any atom is 0.164 e. The lowest BCUT2D eigenvalue weighted by atomic mass is 10.0. The molecule has 1 heterocycles. The van der Waals surface area contributed by atoms with Crippen molar-refractivity contribution in [1.82, 2.24) is 0 Å². The van der Waals surface area contributed by atoms with E-state index in [1.165, 1.54) is 0 Å². The molecule has 0 spiro atoms. The van der Waals surface area contributed by atoms with Gasteiger partial charge in [-0.25, -0.2) is 0 Å². The van der Waals surface area contributed by atoms with Crippen LogP contribution >= 0.6 is 0 Å². The Morgan fingerprint density at radius 1 is 1.27 bits per heavy atom. The highest BCUT2D eigenvalue weighted by atomic mass is 16.8. The van der Waals surface area contributed by atoms with Crippen LogP contribution in [0.2, 0.25) is 0 Å². The summed E-state index contributed by atoms with van der Waals surface area (Å²) in [6, 6.07) is 9.62. The molecule has 22 heavy (non-hydrogen) atoms. The summed E-state index contributed by atoms with van der Waals surface area (Å²) < 4.78 is 17.2. The van der Waals surface area contributed by atoms with E-state index in [0.717, 1.165) is 5.56 Å². The van der Waals surface area contributed by atoms with E-state index in [1.807, 2.05) is 30.3 Å². The van der Waals surface area contributed by atoms with E-state index >= 15 is 0 Å². The van der Waals surface area contributed by atoms with Crippen LogP contribution in [0.3, 0.4) is 0 Å². The fourth-order valence-corrected chi connectivity index (χ4v) is 2.45. The van der Waals surface area contributed by atoms with Gasteiger partial charge in [-0.1, -0.05) is 36.3 Å². The molecule has 0 amide bonds. The number of aliphatic hydroxyl groups excluding tert-OH is 2. The maximum absolute atomic E-state index is 9.91. The lowest BCUT2D eigenvalue weighted by Crippen LogP contribution is -2.44. The zero-order chi connectivity index (χ0) is 16.2. The first-order valence-electron chi connectivity index (χ1n) is 7.23. The Labute approximate surface area is 130 Å². The van der Waals surface area contributed by atoms with Gasteiger partial charge in [-0.3, -0.25) is 0 Å². The first-order valence-corrected chi connectivity index (χ1v) is 7.23. The Kier molecular flexibility index (Phi) is 5.57. The summed E-state index contributed by atoms with van der Waals surface area (Å²) in [6.45, 7) is 3.36. The normalized spacial score (nSPS) is 26.3. The summed E-state index contributed by atoms with van der Waals surface area (Å²) in [5.41, 5.74) is 0.986. The van der Waals surface area contributed by atoms with Crippen LogP contribution in [-0.2, 0) is 20.8 Å². The highest BCUT2D eigenvalue weighted by Gasteiger charge is 2.48. The van der Waals surface area contributed by atoms with Gasteiger partial charge in [-0.15, -0.1) is 6.42 Å². The zero-order valence-corrected chi connectivity index (χ0v) is 12.8. The van der Waals surface area contributed by atoms with Gasteiger partial charge in [0.05, 0.1) is 13.2 Å². The SMILES string of the molecule is C#C[C@H](OCc1ccccc1)[C@H]1OC(C)(C)O[C@H]1[C@H](O)CO. The van der Waals surface area contributed by atoms with Crippen molar-refractivity contribution >= 4 is 0 Å². The van der Waals surface area contributed by atoms with Crippen LogP contribution in [-0.4, -0.2) is 47.0 Å². The summed E-state index contributed by atoms with van der Waals surface area (Å²) >= 11 is 0. The molecule has 5 heteroatoms. The highest BCUT2D eigenvalue weighted by molar-refractivity contribution is 5.14. The van der Waals surface area contributed by atoms with Crippen LogP contribution in [0.4, 0.5) is 0 Å². The molecular weight excluding hydrogens is 284 g/mol. The van der Waals surface area contributed by atoms with E-state index in [-0.39, 0.29) is 0 Å². The quantitative estimate of drug-likeness (QED) is 0.770. The van der Waals surface area contributed by atoms with Crippen LogP contribution < -0.4 is 0 Å². The predicted octanol–water partition coefficient (Wildman–Crippen LogP) is 1.08. The van der Waals surface area contributed by atoms with Crippen molar-refractivity contribution < 1.29 is 24.4 Å². The van der Waals surface area contributed by atoms with Gasteiger partial charge in [0, 0.05) is 0 Å². The fraction of sp³-hybridized carbons (Fsp3) is 0.529. The molecular formula is C17H22O5. The molecule has 1 aliphatic heterocycles. The molecule has 0 aromatic heterocycles. The largest absolute Gasteiger partial charge is 0.394 e. The Bertz CT molecular complexity index is 508. The van der Waals surface area contributed by atoms with E-state index < -0.39 is 36.8 Å². The predicted molar refractivity (Wildman–Crippen MR) is 80.8 cm³/mol. The van der Waals surface area contributed by atoms with Crippen molar-refractivity contribution in [1.29, 1.82) is 0 Å². The third-order valence-electron chi connectivity index (χ3n) is 3.46. The number of benzene rings is 1. The number of terminal acetylenes is 1. The Balaban J connectivity index is 2.06. The molecule has 0 saturated carbocycles. The van der Waals surface area contributed by atoms with Gasteiger partial charge in [-0.05, 0) is 19.4 Å².